The molecule has 0 aliphatic carbocycles. The maximum Gasteiger partial charge on any atom is 0.469 e. The third kappa shape index (κ3) is 39.7. The maximum absolute atomic E-state index is 12.4. The Hall–Kier alpha value is -2.03. The number of rotatable bonds is 38. The number of carbonyl (C=O) groups excluding carboxylic acids is 2. The number of hydrogen-bond donors (Lipinski definition) is 3. The first kappa shape index (κ1) is 52.0. The molecule has 0 radical (unpaired) electrons. The summed E-state index contributed by atoms with van der Waals surface area (Å²) in [7, 11) is -4.79. The minimum atomic E-state index is -4.79. The summed E-state index contributed by atoms with van der Waals surface area (Å²) in [4.78, 5) is 42.8. The van der Waals surface area contributed by atoms with E-state index >= 15 is 0 Å². The first-order chi connectivity index (χ1) is 26.1. The molecule has 10 heteroatoms. The number of phosphoric acid groups is 1. The first-order valence-electron chi connectivity index (χ1n) is 21.4. The lowest BCUT2D eigenvalue weighted by atomic mass is 9.99. The molecule has 0 fully saturated rings. The van der Waals surface area contributed by atoms with Crippen LogP contribution in [0.25, 0.3) is 0 Å². The number of hydrogen-bond acceptors (Lipinski definition) is 7. The number of carbonyl (C=O) groups is 2. The third-order valence-corrected chi connectivity index (χ3v) is 9.96. The van der Waals surface area contributed by atoms with Gasteiger partial charge in [-0.2, -0.15) is 0 Å². The lowest BCUT2D eigenvalue weighted by molar-refractivity contribution is -0.161. The van der Waals surface area contributed by atoms with Gasteiger partial charge in [-0.1, -0.05) is 179 Å². The van der Waals surface area contributed by atoms with Crippen molar-refractivity contribution >= 4 is 19.8 Å². The smallest absolute Gasteiger partial charge is 0.462 e. The van der Waals surface area contributed by atoms with Crippen LogP contribution in [0.2, 0.25) is 0 Å². The van der Waals surface area contributed by atoms with Gasteiger partial charge in [0.15, 0.2) is 6.10 Å². The molecule has 0 saturated heterocycles. The van der Waals surface area contributed by atoms with Crippen molar-refractivity contribution in [3.05, 3.63) is 48.6 Å². The number of aliphatic hydroxyl groups is 1. The van der Waals surface area contributed by atoms with Gasteiger partial charge in [-0.25, -0.2) is 4.57 Å². The fourth-order valence-corrected chi connectivity index (χ4v) is 6.19. The molecule has 2 unspecified atom stereocenters. The molecule has 314 valence electrons. The Morgan fingerprint density at radius 1 is 0.648 bits per heavy atom. The van der Waals surface area contributed by atoms with Crippen LogP contribution in [-0.4, -0.2) is 52.3 Å². The molecule has 0 heterocycles. The zero-order chi connectivity index (χ0) is 40.0. The van der Waals surface area contributed by atoms with E-state index in [0.717, 1.165) is 38.0 Å². The fraction of sp³-hybridized carbons (Fsp3) is 0.773. The van der Waals surface area contributed by atoms with Crippen molar-refractivity contribution in [2.45, 2.75) is 200 Å². The molecule has 3 N–H and O–H groups in total. The van der Waals surface area contributed by atoms with Gasteiger partial charge in [0, 0.05) is 12.8 Å². The molecule has 0 aromatic rings. The van der Waals surface area contributed by atoms with E-state index in [-0.39, 0.29) is 19.4 Å². The van der Waals surface area contributed by atoms with Crippen LogP contribution in [0.4, 0.5) is 0 Å². The van der Waals surface area contributed by atoms with E-state index in [1.807, 2.05) is 18.2 Å². The van der Waals surface area contributed by atoms with Crippen molar-refractivity contribution in [3.8, 4) is 0 Å². The van der Waals surface area contributed by atoms with Gasteiger partial charge in [0.05, 0.1) is 12.7 Å². The number of esters is 2. The molecule has 0 saturated carbocycles. The number of phosphoric ester groups is 1. The highest BCUT2D eigenvalue weighted by molar-refractivity contribution is 7.46. The van der Waals surface area contributed by atoms with Crippen LogP contribution in [-0.2, 0) is 28.2 Å². The standard InChI is InChI=1S/C44H79O9P/c1-4-6-7-8-9-16-20-24-29-34-41(45)35-30-25-22-27-32-37-44(47)53-42(39-52-54(48,49)50)38-51-43(46)36-31-26-21-18-15-13-11-10-12-14-17-19-23-28-33-40(3)5-2/h9,16,22,24-25,29-30,35,40-42,45H,4-8,10-15,17-21,23,26-28,31-34,36-39H2,1-3H3,(H2,48,49,50)/b16-9-,25-22+,29-24-,35-30-/t40?,41?,42-/m1/s1. The summed E-state index contributed by atoms with van der Waals surface area (Å²) >= 11 is 0. The lowest BCUT2D eigenvalue weighted by Gasteiger charge is -2.18. The van der Waals surface area contributed by atoms with Crippen LogP contribution >= 0.6 is 7.82 Å². The summed E-state index contributed by atoms with van der Waals surface area (Å²) in [6.07, 6.45) is 41.4. The van der Waals surface area contributed by atoms with Crippen LogP contribution in [0.3, 0.4) is 0 Å². The molecule has 0 aromatic carbocycles. The highest BCUT2D eigenvalue weighted by Gasteiger charge is 2.22. The van der Waals surface area contributed by atoms with Crippen molar-refractivity contribution < 1.29 is 43.0 Å². The van der Waals surface area contributed by atoms with Crippen molar-refractivity contribution in [2.75, 3.05) is 13.2 Å². The van der Waals surface area contributed by atoms with Crippen molar-refractivity contribution in [3.63, 3.8) is 0 Å². The number of unbranched alkanes of at least 4 members (excludes halogenated alkanes) is 17. The van der Waals surface area contributed by atoms with Crippen LogP contribution in [0.15, 0.2) is 48.6 Å². The van der Waals surface area contributed by atoms with Crippen LogP contribution in [0.5, 0.6) is 0 Å². The molecular formula is C44H79O9P. The largest absolute Gasteiger partial charge is 0.469 e. The first-order valence-corrected chi connectivity index (χ1v) is 23.0. The molecule has 54 heavy (non-hydrogen) atoms. The molecule has 9 nitrogen and oxygen atoms in total. The number of allylic oxidation sites excluding steroid dienone is 6. The van der Waals surface area contributed by atoms with E-state index in [4.69, 9.17) is 19.3 Å². The van der Waals surface area contributed by atoms with E-state index in [2.05, 4.69) is 43.5 Å². The van der Waals surface area contributed by atoms with Gasteiger partial charge in [-0.15, -0.1) is 0 Å². The molecule has 0 rings (SSSR count). The average molecular weight is 783 g/mol. The normalized spacial score (nSPS) is 14.1. The zero-order valence-electron chi connectivity index (χ0n) is 34.4. The zero-order valence-corrected chi connectivity index (χ0v) is 35.3. The van der Waals surface area contributed by atoms with Gasteiger partial charge < -0.3 is 24.4 Å². The molecule has 0 aliphatic rings. The number of ether oxygens (including phenoxy) is 2. The molecule has 0 aromatic heterocycles. The lowest BCUT2D eigenvalue weighted by Crippen LogP contribution is -2.29. The predicted molar refractivity (Wildman–Crippen MR) is 222 cm³/mol. The summed E-state index contributed by atoms with van der Waals surface area (Å²) in [6.45, 7) is 5.91. The minimum absolute atomic E-state index is 0.0770. The fourth-order valence-electron chi connectivity index (χ4n) is 5.83. The monoisotopic (exact) mass is 783 g/mol. The van der Waals surface area contributed by atoms with Crippen LogP contribution in [0.1, 0.15) is 188 Å². The summed E-state index contributed by atoms with van der Waals surface area (Å²) in [5.41, 5.74) is 0. The van der Waals surface area contributed by atoms with Gasteiger partial charge in [0.25, 0.3) is 0 Å². The summed E-state index contributed by atoms with van der Waals surface area (Å²) in [5, 5.41) is 10.1. The van der Waals surface area contributed by atoms with E-state index < -0.39 is 38.6 Å². The number of aliphatic hydroxyl groups excluding tert-OH is 1. The molecule has 0 aliphatic heterocycles. The highest BCUT2D eigenvalue weighted by atomic mass is 31.2. The van der Waals surface area contributed by atoms with E-state index in [9.17, 15) is 19.3 Å². The highest BCUT2D eigenvalue weighted by Crippen LogP contribution is 2.36. The van der Waals surface area contributed by atoms with Crippen LogP contribution in [0, 0.1) is 5.92 Å². The molecule has 0 amide bonds. The van der Waals surface area contributed by atoms with E-state index in [1.54, 1.807) is 12.2 Å². The minimum Gasteiger partial charge on any atom is -0.462 e. The molecule has 0 bridgehead atoms. The van der Waals surface area contributed by atoms with Crippen LogP contribution < -0.4 is 0 Å². The van der Waals surface area contributed by atoms with Crippen molar-refractivity contribution in [2.24, 2.45) is 5.92 Å². The predicted octanol–water partition coefficient (Wildman–Crippen LogP) is 12.0. The van der Waals surface area contributed by atoms with Crippen molar-refractivity contribution in [1.29, 1.82) is 0 Å². The summed E-state index contributed by atoms with van der Waals surface area (Å²) < 4.78 is 26.3. The second-order valence-electron chi connectivity index (χ2n) is 14.8. The van der Waals surface area contributed by atoms with Gasteiger partial charge >= 0.3 is 19.8 Å². The van der Waals surface area contributed by atoms with Gasteiger partial charge in [0.1, 0.15) is 6.61 Å². The second kappa shape index (κ2) is 37.9. The van der Waals surface area contributed by atoms with E-state index in [1.165, 1.54) is 96.3 Å². The molecular weight excluding hydrogens is 703 g/mol. The third-order valence-electron chi connectivity index (χ3n) is 9.47. The quantitative estimate of drug-likeness (QED) is 0.0183. The van der Waals surface area contributed by atoms with Gasteiger partial charge in [0.2, 0.25) is 0 Å². The average Bonchev–Trinajstić information content (AvgIpc) is 3.14. The summed E-state index contributed by atoms with van der Waals surface area (Å²) in [6, 6.07) is 0. The topological polar surface area (TPSA) is 140 Å². The Balaban J connectivity index is 4.07. The SMILES string of the molecule is CCCCC/C=C\C/C=C\CC(O)/C=C\C=C\CCCC(=O)O[C@H](COC(=O)CCCCCCCCCCCCCCCCC(C)CC)COP(=O)(O)O. The molecule has 0 spiro atoms. The maximum atomic E-state index is 12.4. The van der Waals surface area contributed by atoms with Gasteiger partial charge in [-0.3, -0.25) is 14.1 Å². The van der Waals surface area contributed by atoms with Crippen molar-refractivity contribution in [1.82, 2.24) is 0 Å². The Morgan fingerprint density at radius 3 is 1.83 bits per heavy atom. The Morgan fingerprint density at radius 2 is 1.22 bits per heavy atom. The van der Waals surface area contributed by atoms with Gasteiger partial charge in [-0.05, 0) is 50.9 Å². The Kier molecular flexibility index (Phi) is 36.4. The summed E-state index contributed by atoms with van der Waals surface area (Å²) in [5.74, 6) is -0.136. The molecule has 3 atom stereocenters. The Bertz CT molecular complexity index is 1050. The second-order valence-corrected chi connectivity index (χ2v) is 16.0. The Labute approximate surface area is 329 Å². The van der Waals surface area contributed by atoms with E-state index in [0.29, 0.717) is 25.7 Å².